The number of benzene rings is 2. The summed E-state index contributed by atoms with van der Waals surface area (Å²) in [6, 6.07) is 11.2. The minimum atomic E-state index is 0.00414. The van der Waals surface area contributed by atoms with Gasteiger partial charge < -0.3 is 14.8 Å². The van der Waals surface area contributed by atoms with Gasteiger partial charge in [0, 0.05) is 4.47 Å². The molecule has 0 radical (unpaired) electrons. The van der Waals surface area contributed by atoms with E-state index in [1.54, 1.807) is 12.1 Å². The van der Waals surface area contributed by atoms with Crippen molar-refractivity contribution in [3.8, 4) is 17.6 Å². The van der Waals surface area contributed by atoms with Crippen molar-refractivity contribution in [2.75, 3.05) is 7.11 Å². The lowest BCUT2D eigenvalue weighted by molar-refractivity contribution is 0.373. The summed E-state index contributed by atoms with van der Waals surface area (Å²) in [6.45, 7) is 2.00. The van der Waals surface area contributed by atoms with Crippen molar-refractivity contribution in [2.24, 2.45) is 0 Å². The Morgan fingerprint density at radius 3 is 2.88 bits per heavy atom. The standard InChI is InChI=1S/C18H14BrN3O2/c1-10-3-4-14-15(5-10)22-18(21-14)12(9-20)6-11-7-16(23)17(24-2)8-13(11)19/h3-8,23H,1-2H3,(H,21,22)/b12-6+. The Hall–Kier alpha value is -2.78. The van der Waals surface area contributed by atoms with Crippen LogP contribution >= 0.6 is 15.9 Å². The Morgan fingerprint density at radius 2 is 2.17 bits per heavy atom. The van der Waals surface area contributed by atoms with Crippen LogP contribution in [0.25, 0.3) is 22.7 Å². The zero-order valence-electron chi connectivity index (χ0n) is 13.1. The van der Waals surface area contributed by atoms with E-state index in [-0.39, 0.29) is 5.75 Å². The van der Waals surface area contributed by atoms with Crippen LogP contribution in [-0.2, 0) is 0 Å². The Labute approximate surface area is 147 Å². The molecule has 3 aromatic rings. The van der Waals surface area contributed by atoms with Gasteiger partial charge in [-0.25, -0.2) is 4.98 Å². The number of aromatic nitrogens is 2. The molecule has 0 saturated heterocycles. The SMILES string of the molecule is COc1cc(Br)c(/C=C(\C#N)c2nc3ccc(C)cc3[nH]2)cc1O. The van der Waals surface area contributed by atoms with E-state index in [1.165, 1.54) is 13.2 Å². The van der Waals surface area contributed by atoms with E-state index in [9.17, 15) is 10.4 Å². The van der Waals surface area contributed by atoms with Crippen LogP contribution in [-0.4, -0.2) is 22.2 Å². The summed E-state index contributed by atoms with van der Waals surface area (Å²) in [4.78, 5) is 7.62. The smallest absolute Gasteiger partial charge is 0.161 e. The number of nitrogens with zero attached hydrogens (tertiary/aromatic N) is 2. The van der Waals surface area contributed by atoms with E-state index in [2.05, 4.69) is 32.0 Å². The molecule has 3 rings (SSSR count). The molecular formula is C18H14BrN3O2. The maximum absolute atomic E-state index is 9.94. The fraction of sp³-hybridized carbons (Fsp3) is 0.111. The van der Waals surface area contributed by atoms with Gasteiger partial charge in [0.25, 0.3) is 0 Å². The number of aryl methyl sites for hydroxylation is 1. The second-order valence-electron chi connectivity index (χ2n) is 5.32. The van der Waals surface area contributed by atoms with Crippen LogP contribution in [0.2, 0.25) is 0 Å². The summed E-state index contributed by atoms with van der Waals surface area (Å²) in [5, 5.41) is 19.4. The third-order valence-corrected chi connectivity index (χ3v) is 4.30. The van der Waals surface area contributed by atoms with Gasteiger partial charge in [-0.2, -0.15) is 5.26 Å². The molecule has 0 aliphatic carbocycles. The van der Waals surface area contributed by atoms with Gasteiger partial charge >= 0.3 is 0 Å². The van der Waals surface area contributed by atoms with E-state index < -0.39 is 0 Å². The number of imidazole rings is 1. The van der Waals surface area contributed by atoms with Crippen LogP contribution < -0.4 is 4.74 Å². The molecule has 0 amide bonds. The van der Waals surface area contributed by atoms with Gasteiger partial charge in [-0.1, -0.05) is 22.0 Å². The summed E-state index contributed by atoms with van der Waals surface area (Å²) in [5.74, 6) is 0.849. The molecule has 0 spiro atoms. The van der Waals surface area contributed by atoms with Crippen molar-refractivity contribution in [3.05, 3.63) is 51.8 Å². The highest BCUT2D eigenvalue weighted by Gasteiger charge is 2.11. The number of phenolic OH excluding ortho intramolecular Hbond substituents is 1. The van der Waals surface area contributed by atoms with Gasteiger partial charge in [0.1, 0.15) is 11.9 Å². The predicted molar refractivity (Wildman–Crippen MR) is 96.7 cm³/mol. The van der Waals surface area contributed by atoms with Crippen LogP contribution in [0.3, 0.4) is 0 Å². The highest BCUT2D eigenvalue weighted by atomic mass is 79.9. The molecule has 24 heavy (non-hydrogen) atoms. The number of phenols is 1. The van der Waals surface area contributed by atoms with Crippen molar-refractivity contribution in [1.82, 2.24) is 9.97 Å². The number of nitriles is 1. The molecule has 0 fully saturated rings. The zero-order chi connectivity index (χ0) is 17.3. The highest BCUT2D eigenvalue weighted by molar-refractivity contribution is 9.10. The topological polar surface area (TPSA) is 81.9 Å². The first-order valence-electron chi connectivity index (χ1n) is 7.17. The maximum atomic E-state index is 9.94. The molecular weight excluding hydrogens is 370 g/mol. The molecule has 1 heterocycles. The average Bonchev–Trinajstić information content (AvgIpc) is 2.97. The van der Waals surface area contributed by atoms with Crippen LogP contribution in [0.5, 0.6) is 11.5 Å². The first-order valence-corrected chi connectivity index (χ1v) is 7.96. The fourth-order valence-electron chi connectivity index (χ4n) is 2.39. The first kappa shape index (κ1) is 16.1. The number of hydrogen-bond acceptors (Lipinski definition) is 4. The minimum absolute atomic E-state index is 0.00414. The lowest BCUT2D eigenvalue weighted by atomic mass is 10.1. The Balaban J connectivity index is 2.09. The molecule has 0 atom stereocenters. The average molecular weight is 384 g/mol. The largest absolute Gasteiger partial charge is 0.504 e. The Kier molecular flexibility index (Phi) is 4.28. The van der Waals surface area contributed by atoms with Crippen molar-refractivity contribution in [3.63, 3.8) is 0 Å². The molecule has 2 N–H and O–H groups in total. The fourth-order valence-corrected chi connectivity index (χ4v) is 2.83. The number of halogens is 1. The number of H-pyrrole nitrogens is 1. The van der Waals surface area contributed by atoms with Gasteiger partial charge in [-0.3, -0.25) is 0 Å². The Morgan fingerprint density at radius 1 is 1.38 bits per heavy atom. The normalized spacial score (nSPS) is 11.5. The van der Waals surface area contributed by atoms with Crippen LogP contribution in [0.4, 0.5) is 0 Å². The number of nitrogens with one attached hydrogen (secondary N) is 1. The number of ether oxygens (including phenoxy) is 1. The molecule has 0 unspecified atom stereocenters. The molecule has 2 aromatic carbocycles. The van der Waals surface area contributed by atoms with Crippen molar-refractivity contribution in [2.45, 2.75) is 6.92 Å². The maximum Gasteiger partial charge on any atom is 0.161 e. The zero-order valence-corrected chi connectivity index (χ0v) is 14.7. The van der Waals surface area contributed by atoms with E-state index in [0.717, 1.165) is 16.6 Å². The Bertz CT molecular complexity index is 999. The quantitative estimate of drug-likeness (QED) is 0.656. The lowest BCUT2D eigenvalue weighted by Gasteiger charge is -2.06. The number of rotatable bonds is 3. The highest BCUT2D eigenvalue weighted by Crippen LogP contribution is 2.34. The monoisotopic (exact) mass is 383 g/mol. The number of aromatic hydroxyl groups is 1. The molecule has 1 aromatic heterocycles. The van der Waals surface area contributed by atoms with Crippen molar-refractivity contribution < 1.29 is 9.84 Å². The summed E-state index contributed by atoms with van der Waals surface area (Å²) in [7, 11) is 1.48. The third-order valence-electron chi connectivity index (χ3n) is 3.61. The molecule has 5 nitrogen and oxygen atoms in total. The van der Waals surface area contributed by atoms with E-state index in [4.69, 9.17) is 4.74 Å². The van der Waals surface area contributed by atoms with Crippen molar-refractivity contribution >= 4 is 38.6 Å². The number of hydrogen-bond donors (Lipinski definition) is 2. The third kappa shape index (κ3) is 2.99. The molecule has 0 saturated carbocycles. The summed E-state index contributed by atoms with van der Waals surface area (Å²) >= 11 is 3.42. The van der Waals surface area contributed by atoms with Crippen molar-refractivity contribution in [1.29, 1.82) is 5.26 Å². The second kappa shape index (κ2) is 6.38. The van der Waals surface area contributed by atoms with E-state index >= 15 is 0 Å². The summed E-state index contributed by atoms with van der Waals surface area (Å²) in [6.07, 6.45) is 1.66. The molecule has 0 aliphatic heterocycles. The molecule has 0 aliphatic rings. The first-order chi connectivity index (χ1) is 11.5. The van der Waals surface area contributed by atoms with Crippen LogP contribution in [0.15, 0.2) is 34.8 Å². The number of aromatic amines is 1. The number of allylic oxidation sites excluding steroid dienone is 1. The van der Waals surface area contributed by atoms with Crippen LogP contribution in [0.1, 0.15) is 17.0 Å². The van der Waals surface area contributed by atoms with Gasteiger partial charge in [0.05, 0.1) is 23.7 Å². The van der Waals surface area contributed by atoms with Gasteiger partial charge in [-0.15, -0.1) is 0 Å². The number of methoxy groups -OCH3 is 1. The van der Waals surface area contributed by atoms with Gasteiger partial charge in [-0.05, 0) is 48.4 Å². The minimum Gasteiger partial charge on any atom is -0.504 e. The van der Waals surface area contributed by atoms with E-state index in [1.807, 2.05) is 25.1 Å². The molecule has 120 valence electrons. The predicted octanol–water partition coefficient (Wildman–Crippen LogP) is 4.41. The van der Waals surface area contributed by atoms with Gasteiger partial charge in [0.2, 0.25) is 0 Å². The molecule has 0 bridgehead atoms. The van der Waals surface area contributed by atoms with E-state index in [0.29, 0.717) is 27.2 Å². The van der Waals surface area contributed by atoms with Crippen LogP contribution in [0, 0.1) is 18.3 Å². The summed E-state index contributed by atoms with van der Waals surface area (Å²) in [5.41, 5.74) is 3.81. The second-order valence-corrected chi connectivity index (χ2v) is 6.18. The van der Waals surface area contributed by atoms with Gasteiger partial charge in [0.15, 0.2) is 11.5 Å². The molecule has 6 heteroatoms. The summed E-state index contributed by atoms with van der Waals surface area (Å²) < 4.78 is 5.77. The lowest BCUT2D eigenvalue weighted by Crippen LogP contribution is -1.88. The number of fused-ring (bicyclic) bond motifs is 1.